The van der Waals surface area contributed by atoms with Crippen LogP contribution < -0.4 is 63.9 Å². The molecule has 0 unspecified atom stereocenters. The van der Waals surface area contributed by atoms with Crippen LogP contribution in [0.4, 0.5) is 21.5 Å². The van der Waals surface area contributed by atoms with E-state index in [4.69, 9.17) is 4.74 Å². The predicted octanol–water partition coefficient (Wildman–Crippen LogP) is -3.48. The molecular weight excluding hydrogens is 617 g/mol. The summed E-state index contributed by atoms with van der Waals surface area (Å²) in [6, 6.07) is 6.57. The van der Waals surface area contributed by atoms with Crippen molar-refractivity contribution in [3.05, 3.63) is 53.7 Å². The predicted molar refractivity (Wildman–Crippen MR) is 102 cm³/mol. The number of para-hydroxylation sites is 1. The van der Waals surface area contributed by atoms with Crippen molar-refractivity contribution in [2.45, 2.75) is 10.5 Å². The zero-order valence-corrected chi connectivity index (χ0v) is 20.0. The number of rotatable bonds is 3. The number of hydrogen-bond acceptors (Lipinski definition) is 6. The first-order valence-electron chi connectivity index (χ1n) is 9.01. The van der Waals surface area contributed by atoms with Crippen LogP contribution >= 0.6 is 0 Å². The summed E-state index contributed by atoms with van der Waals surface area (Å²) in [4.78, 5) is 20.8. The van der Waals surface area contributed by atoms with Crippen molar-refractivity contribution in [1.29, 1.82) is 0 Å². The van der Waals surface area contributed by atoms with E-state index in [-0.39, 0.29) is 15.7 Å². The maximum atomic E-state index is 14.3. The number of aromatic amines is 1. The molecule has 3 bridgehead atoms. The summed E-state index contributed by atoms with van der Waals surface area (Å²) in [5, 5.41) is 6.39. The molecule has 8 nitrogen and oxygen atoms in total. The number of fused-ring (bicyclic) bond motifs is 4. The van der Waals surface area contributed by atoms with E-state index in [9.17, 15) is 9.18 Å². The third kappa shape index (κ3) is 3.47. The number of H-pyrrole nitrogens is 1. The van der Waals surface area contributed by atoms with E-state index >= 15 is 0 Å². The van der Waals surface area contributed by atoms with Crippen LogP contribution in [0.15, 0.2) is 36.7 Å². The van der Waals surface area contributed by atoms with Gasteiger partial charge in [0.05, 0.1) is 0 Å². The fourth-order valence-corrected chi connectivity index (χ4v) is 9.27. The SMILES string of the molecule is COc1c(F)cccc1Nc1c2[nH]c3c1C(=O)N[C@@H](C3)[I-]N[I-]Nc1cnccc1-2. The van der Waals surface area contributed by atoms with Crippen molar-refractivity contribution >= 4 is 23.0 Å². The molecule has 0 saturated heterocycles. The zero-order valence-electron chi connectivity index (χ0n) is 15.6. The Morgan fingerprint density at radius 3 is 3.10 bits per heavy atom. The molecule has 0 radical (unpaired) electrons. The molecule has 11 heteroatoms. The Balaban J connectivity index is 1.72. The fourth-order valence-electron chi connectivity index (χ4n) is 3.57. The van der Waals surface area contributed by atoms with Gasteiger partial charge < -0.3 is 0 Å². The van der Waals surface area contributed by atoms with Crippen LogP contribution in [0.5, 0.6) is 5.75 Å². The van der Waals surface area contributed by atoms with Gasteiger partial charge in [-0.1, -0.05) is 0 Å². The molecule has 2 aromatic heterocycles. The van der Waals surface area contributed by atoms with Crippen molar-refractivity contribution < 1.29 is 57.2 Å². The minimum absolute atomic E-state index is 0.0996. The van der Waals surface area contributed by atoms with E-state index in [1.807, 2.05) is 6.07 Å². The summed E-state index contributed by atoms with van der Waals surface area (Å²) in [5.74, 6) is -0.507. The van der Waals surface area contributed by atoms with Gasteiger partial charge in [-0.2, -0.15) is 0 Å². The molecule has 0 spiro atoms. The molecule has 158 valence electrons. The summed E-state index contributed by atoms with van der Waals surface area (Å²) in [5.41, 5.74) is 5.02. The molecule has 1 amide bonds. The molecule has 1 aromatic carbocycles. The van der Waals surface area contributed by atoms with Gasteiger partial charge in [0.2, 0.25) is 0 Å². The van der Waals surface area contributed by atoms with Gasteiger partial charge in [0.25, 0.3) is 0 Å². The van der Waals surface area contributed by atoms with Crippen molar-refractivity contribution in [2.75, 3.05) is 16.0 Å². The molecule has 30 heavy (non-hydrogen) atoms. The second-order valence-corrected chi connectivity index (χ2v) is 13.0. The van der Waals surface area contributed by atoms with Gasteiger partial charge in [0.1, 0.15) is 0 Å². The van der Waals surface area contributed by atoms with Gasteiger partial charge in [-0.25, -0.2) is 0 Å². The Bertz CT molecular complexity index is 1140. The second-order valence-electron chi connectivity index (χ2n) is 6.61. The molecule has 0 saturated carbocycles. The zero-order chi connectivity index (χ0) is 20.7. The number of pyridine rings is 1. The number of hydrogen-bond donors (Lipinski definition) is 5. The van der Waals surface area contributed by atoms with Crippen LogP contribution in [-0.2, 0) is 6.42 Å². The number of benzene rings is 1. The number of nitrogens with one attached hydrogen (secondary N) is 5. The van der Waals surface area contributed by atoms with Crippen molar-refractivity contribution in [3.8, 4) is 17.0 Å². The van der Waals surface area contributed by atoms with Gasteiger partial charge in [-0.3, -0.25) is 0 Å². The molecule has 5 N–H and O–H groups in total. The Hall–Kier alpha value is -2.13. The van der Waals surface area contributed by atoms with Crippen molar-refractivity contribution in [1.82, 2.24) is 17.0 Å². The van der Waals surface area contributed by atoms with Crippen LogP contribution in [-0.4, -0.2) is 27.0 Å². The number of halogens is 3. The van der Waals surface area contributed by atoms with E-state index in [1.54, 1.807) is 24.5 Å². The number of nitrogens with zero attached hydrogens (tertiary/aromatic N) is 1. The molecule has 1 atom stereocenters. The van der Waals surface area contributed by atoms with Crippen LogP contribution in [0.1, 0.15) is 16.1 Å². The number of aromatic nitrogens is 2. The summed E-state index contributed by atoms with van der Waals surface area (Å²) in [6.45, 7) is 0. The molecule has 4 heterocycles. The van der Waals surface area contributed by atoms with Crippen LogP contribution in [0.3, 0.4) is 0 Å². The fraction of sp³-hybridized carbons (Fsp3) is 0.158. The third-order valence-corrected chi connectivity index (χ3v) is 10.6. The Morgan fingerprint density at radius 1 is 1.33 bits per heavy atom. The standard InChI is InChI=1S/C19H17FI2N6O2/c1-30-18-10(20)3-2-4-11(18)24-17-15-12-7-14(26-19(15)29)21-28-22-27-13-8-23-6-5-9(13)16(17)25-12/h2-6,8,14,24-25,27-28H,7H2,1H3,(H,26,29)/q-2/t14-/m0/s1. The molecule has 5 rings (SSSR count). The van der Waals surface area contributed by atoms with E-state index in [0.29, 0.717) is 16.9 Å². The van der Waals surface area contributed by atoms with E-state index < -0.39 is 49.0 Å². The Labute approximate surface area is 193 Å². The van der Waals surface area contributed by atoms with Gasteiger partial charge in [0.15, 0.2) is 0 Å². The maximum absolute atomic E-state index is 14.3. The average molecular weight is 634 g/mol. The van der Waals surface area contributed by atoms with E-state index in [2.05, 4.69) is 25.9 Å². The molecule has 3 aromatic rings. The number of anilines is 3. The van der Waals surface area contributed by atoms with Gasteiger partial charge >= 0.3 is 194 Å². The first kappa shape index (κ1) is 19.8. The molecule has 2 aliphatic rings. The summed E-state index contributed by atoms with van der Waals surface area (Å²) >= 11 is -0.884. The first-order chi connectivity index (χ1) is 14.7. The first-order valence-corrected chi connectivity index (χ1v) is 13.5. The quantitative estimate of drug-likeness (QED) is 0.0889. The van der Waals surface area contributed by atoms with E-state index in [1.165, 1.54) is 13.2 Å². The molecular formula is C19H17FI2N6O2-2. The number of carbonyl (C=O) groups is 1. The number of carbonyl (C=O) groups excluding carboxylic acids is 1. The van der Waals surface area contributed by atoms with Crippen molar-refractivity contribution in [2.24, 2.45) is 0 Å². The van der Waals surface area contributed by atoms with Crippen LogP contribution in [0, 0.1) is 5.82 Å². The van der Waals surface area contributed by atoms with Gasteiger partial charge in [-0.15, -0.1) is 0 Å². The summed E-state index contributed by atoms with van der Waals surface area (Å²) in [6.07, 6.45) is 4.22. The summed E-state index contributed by atoms with van der Waals surface area (Å²) in [7, 11) is 1.42. The van der Waals surface area contributed by atoms with E-state index in [0.717, 1.165) is 29.1 Å². The monoisotopic (exact) mass is 634 g/mol. The molecule has 2 aliphatic heterocycles. The summed E-state index contributed by atoms with van der Waals surface area (Å²) < 4.78 is 26.6. The van der Waals surface area contributed by atoms with Gasteiger partial charge in [0, 0.05) is 0 Å². The normalized spacial score (nSPS) is 17.9. The topological polar surface area (TPSA) is 103 Å². The van der Waals surface area contributed by atoms with Gasteiger partial charge in [-0.05, 0) is 0 Å². The minimum atomic E-state index is -0.477. The van der Waals surface area contributed by atoms with Crippen LogP contribution in [0.25, 0.3) is 11.3 Å². The number of ether oxygens (including phenoxy) is 1. The average Bonchev–Trinajstić information content (AvgIpc) is 3.08. The van der Waals surface area contributed by atoms with Crippen LogP contribution in [0.2, 0.25) is 0 Å². The Morgan fingerprint density at radius 2 is 2.23 bits per heavy atom. The number of amides is 1. The molecule has 0 fully saturated rings. The van der Waals surface area contributed by atoms with Crippen molar-refractivity contribution in [3.63, 3.8) is 0 Å². The number of alkyl halides is 1. The number of methoxy groups -OCH3 is 1. The third-order valence-electron chi connectivity index (χ3n) is 4.85. The molecule has 0 aliphatic carbocycles. The second kappa shape index (κ2) is 8.19. The Kier molecular flexibility index (Phi) is 5.41.